The molecular weight excluding hydrogens is 244 g/mol. The van der Waals surface area contributed by atoms with E-state index in [-0.39, 0.29) is 0 Å². The monoisotopic (exact) mass is 280 g/mol. The van der Waals surface area contributed by atoms with Crippen molar-refractivity contribution >= 4 is 0 Å². The summed E-state index contributed by atoms with van der Waals surface area (Å²) >= 11 is 0. The quantitative estimate of drug-likeness (QED) is 0.756. The molecule has 1 N–H and O–H groups in total. The third-order valence-electron chi connectivity index (χ3n) is 5.56. The largest absolute Gasteiger partial charge is 0.316 e. The van der Waals surface area contributed by atoms with Gasteiger partial charge in [0.15, 0.2) is 0 Å². The standard InChI is InChI=1S/C18H36N2/c1-3-19-15-18(12-8-5-9-13-18)16-20(2)14-17-10-6-4-7-11-17/h17,19H,3-16H2,1-2H3. The fraction of sp³-hybridized carbons (Fsp3) is 1.00. The van der Waals surface area contributed by atoms with Gasteiger partial charge in [-0.05, 0) is 50.6 Å². The van der Waals surface area contributed by atoms with Crippen LogP contribution in [0, 0.1) is 11.3 Å². The van der Waals surface area contributed by atoms with Crippen LogP contribution in [0.5, 0.6) is 0 Å². The maximum absolute atomic E-state index is 3.64. The minimum Gasteiger partial charge on any atom is -0.316 e. The van der Waals surface area contributed by atoms with Crippen LogP contribution in [-0.2, 0) is 0 Å². The van der Waals surface area contributed by atoms with E-state index in [0.717, 1.165) is 12.5 Å². The van der Waals surface area contributed by atoms with Crippen LogP contribution in [0.1, 0.15) is 71.1 Å². The van der Waals surface area contributed by atoms with Crippen molar-refractivity contribution in [3.05, 3.63) is 0 Å². The molecule has 0 radical (unpaired) electrons. The summed E-state index contributed by atoms with van der Waals surface area (Å²) in [7, 11) is 2.37. The fourth-order valence-corrected chi connectivity index (χ4v) is 4.53. The van der Waals surface area contributed by atoms with Crippen molar-refractivity contribution in [3.8, 4) is 0 Å². The minimum absolute atomic E-state index is 0.567. The molecule has 20 heavy (non-hydrogen) atoms. The molecule has 0 aliphatic heterocycles. The van der Waals surface area contributed by atoms with Gasteiger partial charge in [-0.3, -0.25) is 0 Å². The summed E-state index contributed by atoms with van der Waals surface area (Å²) in [5.74, 6) is 0.980. The molecule has 0 aromatic carbocycles. The van der Waals surface area contributed by atoms with Crippen molar-refractivity contribution in [2.45, 2.75) is 71.1 Å². The van der Waals surface area contributed by atoms with E-state index in [4.69, 9.17) is 0 Å². The molecule has 118 valence electrons. The SMILES string of the molecule is CCNCC1(CN(C)CC2CCCCC2)CCCCC1. The van der Waals surface area contributed by atoms with Gasteiger partial charge in [0.05, 0.1) is 0 Å². The Kier molecular flexibility index (Phi) is 6.83. The average Bonchev–Trinajstić information content (AvgIpc) is 2.47. The zero-order valence-electron chi connectivity index (χ0n) is 13.9. The molecule has 0 aromatic rings. The number of nitrogens with zero attached hydrogens (tertiary/aromatic N) is 1. The van der Waals surface area contributed by atoms with E-state index in [9.17, 15) is 0 Å². The van der Waals surface area contributed by atoms with E-state index < -0.39 is 0 Å². The lowest BCUT2D eigenvalue weighted by Gasteiger charge is -2.41. The molecule has 2 nitrogen and oxygen atoms in total. The van der Waals surface area contributed by atoms with Crippen molar-refractivity contribution in [2.24, 2.45) is 11.3 Å². The van der Waals surface area contributed by atoms with Crippen LogP contribution in [0.2, 0.25) is 0 Å². The van der Waals surface area contributed by atoms with Gasteiger partial charge >= 0.3 is 0 Å². The van der Waals surface area contributed by atoms with Crippen LogP contribution < -0.4 is 5.32 Å². The van der Waals surface area contributed by atoms with Gasteiger partial charge in [-0.1, -0.05) is 45.4 Å². The molecular formula is C18H36N2. The summed E-state index contributed by atoms with van der Waals surface area (Å²) in [6.45, 7) is 7.25. The van der Waals surface area contributed by atoms with Gasteiger partial charge in [0.25, 0.3) is 0 Å². The maximum Gasteiger partial charge on any atom is 0.00472 e. The third kappa shape index (κ3) is 5.04. The molecule has 0 heterocycles. The van der Waals surface area contributed by atoms with Crippen LogP contribution in [0.25, 0.3) is 0 Å². The summed E-state index contributed by atoms with van der Waals surface area (Å²) in [4.78, 5) is 2.67. The van der Waals surface area contributed by atoms with Crippen LogP contribution >= 0.6 is 0 Å². The van der Waals surface area contributed by atoms with Crippen molar-refractivity contribution < 1.29 is 0 Å². The second-order valence-corrected chi connectivity index (χ2v) is 7.54. The van der Waals surface area contributed by atoms with E-state index in [2.05, 4.69) is 24.2 Å². The number of hydrogen-bond donors (Lipinski definition) is 1. The van der Waals surface area contributed by atoms with Crippen molar-refractivity contribution in [3.63, 3.8) is 0 Å². The molecule has 2 aliphatic carbocycles. The zero-order chi connectivity index (χ0) is 14.3. The normalized spacial score (nSPS) is 24.1. The van der Waals surface area contributed by atoms with Gasteiger partial charge < -0.3 is 10.2 Å². The van der Waals surface area contributed by atoms with E-state index in [1.54, 1.807) is 0 Å². The van der Waals surface area contributed by atoms with E-state index >= 15 is 0 Å². The first kappa shape index (κ1) is 16.3. The first-order chi connectivity index (χ1) is 9.74. The summed E-state index contributed by atoms with van der Waals surface area (Å²) in [5, 5.41) is 3.64. The van der Waals surface area contributed by atoms with Gasteiger partial charge in [0, 0.05) is 19.6 Å². The molecule has 0 spiro atoms. The lowest BCUT2D eigenvalue weighted by molar-refractivity contribution is 0.103. The number of hydrogen-bond acceptors (Lipinski definition) is 2. The molecule has 0 atom stereocenters. The Balaban J connectivity index is 1.82. The second-order valence-electron chi connectivity index (χ2n) is 7.54. The molecule has 0 aromatic heterocycles. The van der Waals surface area contributed by atoms with Gasteiger partial charge in [0.2, 0.25) is 0 Å². The fourth-order valence-electron chi connectivity index (χ4n) is 4.53. The Morgan fingerprint density at radius 2 is 1.65 bits per heavy atom. The van der Waals surface area contributed by atoms with Crippen molar-refractivity contribution in [1.82, 2.24) is 10.2 Å². The van der Waals surface area contributed by atoms with Crippen LogP contribution in [0.15, 0.2) is 0 Å². The molecule has 2 aliphatic rings. The second kappa shape index (κ2) is 8.38. The highest BCUT2D eigenvalue weighted by atomic mass is 15.1. The lowest BCUT2D eigenvalue weighted by Crippen LogP contribution is -2.45. The Morgan fingerprint density at radius 1 is 1.00 bits per heavy atom. The van der Waals surface area contributed by atoms with Crippen LogP contribution in [-0.4, -0.2) is 38.1 Å². The predicted molar refractivity (Wildman–Crippen MR) is 88.1 cm³/mol. The van der Waals surface area contributed by atoms with E-state index in [1.807, 2.05) is 0 Å². The molecule has 2 fully saturated rings. The van der Waals surface area contributed by atoms with E-state index in [0.29, 0.717) is 5.41 Å². The molecule has 0 unspecified atom stereocenters. The summed E-state index contributed by atoms with van der Waals surface area (Å²) in [6.07, 6.45) is 14.6. The summed E-state index contributed by atoms with van der Waals surface area (Å²) < 4.78 is 0. The molecule has 0 saturated heterocycles. The molecule has 0 amide bonds. The topological polar surface area (TPSA) is 15.3 Å². The van der Waals surface area contributed by atoms with Gasteiger partial charge in [-0.15, -0.1) is 0 Å². The first-order valence-electron chi connectivity index (χ1n) is 9.13. The Hall–Kier alpha value is -0.0800. The highest BCUT2D eigenvalue weighted by Gasteiger charge is 2.33. The number of nitrogens with one attached hydrogen (secondary N) is 1. The third-order valence-corrected chi connectivity index (χ3v) is 5.56. The van der Waals surface area contributed by atoms with Gasteiger partial charge in [0.1, 0.15) is 0 Å². The van der Waals surface area contributed by atoms with Crippen LogP contribution in [0.4, 0.5) is 0 Å². The van der Waals surface area contributed by atoms with Gasteiger partial charge in [-0.25, -0.2) is 0 Å². The molecule has 2 rings (SSSR count). The van der Waals surface area contributed by atoms with Crippen molar-refractivity contribution in [1.29, 1.82) is 0 Å². The minimum atomic E-state index is 0.567. The predicted octanol–water partition coefficient (Wildman–Crippen LogP) is 4.06. The molecule has 0 bridgehead atoms. The smallest absolute Gasteiger partial charge is 0.00472 e. The van der Waals surface area contributed by atoms with Crippen molar-refractivity contribution in [2.75, 3.05) is 33.2 Å². The summed E-state index contributed by atoms with van der Waals surface area (Å²) in [5.41, 5.74) is 0.567. The zero-order valence-corrected chi connectivity index (χ0v) is 13.9. The first-order valence-corrected chi connectivity index (χ1v) is 9.13. The average molecular weight is 280 g/mol. The molecule has 2 heteroatoms. The Morgan fingerprint density at radius 3 is 2.30 bits per heavy atom. The highest BCUT2D eigenvalue weighted by Crippen LogP contribution is 2.37. The Bertz CT molecular complexity index is 252. The highest BCUT2D eigenvalue weighted by molar-refractivity contribution is 4.87. The van der Waals surface area contributed by atoms with E-state index in [1.165, 1.54) is 83.8 Å². The van der Waals surface area contributed by atoms with Gasteiger partial charge in [-0.2, -0.15) is 0 Å². The molecule has 2 saturated carbocycles. The lowest BCUT2D eigenvalue weighted by atomic mass is 9.73. The van der Waals surface area contributed by atoms with Crippen LogP contribution in [0.3, 0.4) is 0 Å². The Labute approximate surface area is 126 Å². The maximum atomic E-state index is 3.64. The number of rotatable bonds is 7. The summed E-state index contributed by atoms with van der Waals surface area (Å²) in [6, 6.07) is 0.